The Kier molecular flexibility index (Phi) is 5.03. The fraction of sp³-hybridized carbons (Fsp3) is 0.294. The summed E-state index contributed by atoms with van der Waals surface area (Å²) in [5, 5.41) is 3.42. The first-order valence-corrected chi connectivity index (χ1v) is 7.43. The van der Waals surface area contributed by atoms with Crippen molar-refractivity contribution in [2.24, 2.45) is 0 Å². The Morgan fingerprint density at radius 3 is 2.73 bits per heavy atom. The van der Waals surface area contributed by atoms with Gasteiger partial charge in [0.2, 0.25) is 6.04 Å². The van der Waals surface area contributed by atoms with Crippen LogP contribution in [-0.2, 0) is 4.79 Å². The maximum atomic E-state index is 12.5. The number of carbonyl (C=O) groups excluding carboxylic acids is 1. The smallest absolute Gasteiger partial charge is 0.293 e. The molecular weight excluding hydrogens is 300 g/mol. The quantitative estimate of drug-likeness (QED) is 0.877. The van der Waals surface area contributed by atoms with E-state index in [0.29, 0.717) is 16.5 Å². The fourth-order valence-corrected chi connectivity index (χ4v) is 2.45. The van der Waals surface area contributed by atoms with Crippen LogP contribution in [0.4, 0.5) is 5.69 Å². The normalized spacial score (nSPS) is 11.9. The highest BCUT2D eigenvalue weighted by Gasteiger charge is 2.25. The molecule has 0 aliphatic heterocycles. The summed E-state index contributed by atoms with van der Waals surface area (Å²) in [6.45, 7) is 5.88. The Morgan fingerprint density at radius 2 is 2.05 bits per heavy atom. The third-order valence-electron chi connectivity index (χ3n) is 3.77. The zero-order valence-electron chi connectivity index (χ0n) is 13.2. The van der Waals surface area contributed by atoms with Crippen molar-refractivity contribution in [1.29, 1.82) is 0 Å². The molecule has 1 heterocycles. The molecule has 0 spiro atoms. The largest absolute Gasteiger partial charge is 0.495 e. The molecule has 1 amide bonds. The summed E-state index contributed by atoms with van der Waals surface area (Å²) in [5.41, 5.74) is 2.77. The molecular formula is C17H20ClN2O2+. The minimum Gasteiger partial charge on any atom is -0.495 e. The number of hydrogen-bond acceptors (Lipinski definition) is 2. The van der Waals surface area contributed by atoms with E-state index in [-0.39, 0.29) is 11.9 Å². The molecule has 2 rings (SSSR count). The summed E-state index contributed by atoms with van der Waals surface area (Å²) in [4.78, 5) is 12.5. The number of aromatic nitrogens is 1. The van der Waals surface area contributed by atoms with Crippen molar-refractivity contribution in [3.63, 3.8) is 0 Å². The highest BCUT2D eigenvalue weighted by Crippen LogP contribution is 2.28. The van der Waals surface area contributed by atoms with E-state index in [1.54, 1.807) is 25.3 Å². The van der Waals surface area contributed by atoms with Gasteiger partial charge >= 0.3 is 0 Å². The second kappa shape index (κ2) is 6.79. The average Bonchev–Trinajstić information content (AvgIpc) is 2.49. The number of carbonyl (C=O) groups is 1. The lowest BCUT2D eigenvalue weighted by Gasteiger charge is -2.13. The van der Waals surface area contributed by atoms with Gasteiger partial charge in [-0.2, -0.15) is 4.57 Å². The molecule has 1 aromatic heterocycles. The van der Waals surface area contributed by atoms with E-state index in [4.69, 9.17) is 16.3 Å². The molecule has 0 bridgehead atoms. The first-order valence-electron chi connectivity index (χ1n) is 7.05. The van der Waals surface area contributed by atoms with Gasteiger partial charge in [-0.3, -0.25) is 4.79 Å². The first-order chi connectivity index (χ1) is 10.4. The van der Waals surface area contributed by atoms with E-state index in [0.717, 1.165) is 11.3 Å². The van der Waals surface area contributed by atoms with Gasteiger partial charge in [-0.25, -0.2) is 0 Å². The van der Waals surface area contributed by atoms with Crippen LogP contribution in [0.25, 0.3) is 0 Å². The number of hydrogen-bond donors (Lipinski definition) is 1. The molecule has 0 unspecified atom stereocenters. The standard InChI is InChI=1S/C17H19ClN2O2/c1-11-6-5-9-20(12(11)2)13(3)17(21)19-15-10-14(18)7-8-16(15)22-4/h5-10,13H,1-4H3/p+1/t13-/m0/s1. The average molecular weight is 320 g/mol. The molecule has 22 heavy (non-hydrogen) atoms. The number of nitrogens with one attached hydrogen (secondary N) is 1. The van der Waals surface area contributed by atoms with Gasteiger partial charge in [-0.05, 0) is 31.2 Å². The van der Waals surface area contributed by atoms with Crippen LogP contribution in [0.15, 0.2) is 36.5 Å². The van der Waals surface area contributed by atoms with E-state index in [2.05, 4.69) is 5.32 Å². The fourth-order valence-electron chi connectivity index (χ4n) is 2.28. The summed E-state index contributed by atoms with van der Waals surface area (Å²) in [6, 6.07) is 8.75. The first kappa shape index (κ1) is 16.3. The number of anilines is 1. The predicted octanol–water partition coefficient (Wildman–Crippen LogP) is 3.45. The molecule has 5 heteroatoms. The third-order valence-corrected chi connectivity index (χ3v) is 4.00. The zero-order valence-corrected chi connectivity index (χ0v) is 13.9. The van der Waals surface area contributed by atoms with Crippen molar-refractivity contribution in [3.05, 3.63) is 52.8 Å². The molecule has 0 fully saturated rings. The minimum atomic E-state index is -0.344. The number of aryl methyl sites for hydroxylation is 1. The number of nitrogens with zero attached hydrogens (tertiary/aromatic N) is 1. The Labute approximate surface area is 135 Å². The van der Waals surface area contributed by atoms with E-state index in [1.165, 1.54) is 0 Å². The summed E-state index contributed by atoms with van der Waals surface area (Å²) in [5.74, 6) is 0.454. The molecule has 0 radical (unpaired) electrons. The van der Waals surface area contributed by atoms with Crippen molar-refractivity contribution in [1.82, 2.24) is 0 Å². The molecule has 0 saturated heterocycles. The maximum absolute atomic E-state index is 12.5. The van der Waals surface area contributed by atoms with Crippen LogP contribution in [0.2, 0.25) is 5.02 Å². The molecule has 0 aliphatic carbocycles. The lowest BCUT2D eigenvalue weighted by atomic mass is 10.2. The monoisotopic (exact) mass is 319 g/mol. The van der Waals surface area contributed by atoms with Gasteiger partial charge in [0, 0.05) is 30.5 Å². The predicted molar refractivity (Wildman–Crippen MR) is 87.5 cm³/mol. The number of pyridine rings is 1. The second-order valence-electron chi connectivity index (χ2n) is 5.19. The zero-order chi connectivity index (χ0) is 16.3. The topological polar surface area (TPSA) is 42.2 Å². The van der Waals surface area contributed by atoms with Gasteiger partial charge in [0.15, 0.2) is 11.9 Å². The van der Waals surface area contributed by atoms with Crippen molar-refractivity contribution in [3.8, 4) is 5.75 Å². The Balaban J connectivity index is 2.25. The van der Waals surface area contributed by atoms with Gasteiger partial charge in [0.25, 0.3) is 5.91 Å². The number of amides is 1. The highest BCUT2D eigenvalue weighted by atomic mass is 35.5. The van der Waals surface area contributed by atoms with E-state index >= 15 is 0 Å². The van der Waals surface area contributed by atoms with Gasteiger partial charge < -0.3 is 10.1 Å². The van der Waals surface area contributed by atoms with E-state index in [1.807, 2.05) is 43.7 Å². The van der Waals surface area contributed by atoms with Gasteiger partial charge in [-0.1, -0.05) is 11.6 Å². The second-order valence-corrected chi connectivity index (χ2v) is 5.63. The molecule has 116 valence electrons. The Morgan fingerprint density at radius 1 is 1.32 bits per heavy atom. The molecule has 4 nitrogen and oxygen atoms in total. The third kappa shape index (κ3) is 3.39. The molecule has 1 aromatic carbocycles. The van der Waals surface area contributed by atoms with Crippen molar-refractivity contribution >= 4 is 23.2 Å². The molecule has 2 aromatic rings. The Hall–Kier alpha value is -2.07. The number of benzene rings is 1. The van der Waals surface area contributed by atoms with Crippen LogP contribution in [0.5, 0.6) is 5.75 Å². The van der Waals surface area contributed by atoms with Crippen molar-refractivity contribution in [2.45, 2.75) is 26.8 Å². The van der Waals surface area contributed by atoms with Crippen molar-refractivity contribution in [2.75, 3.05) is 12.4 Å². The van der Waals surface area contributed by atoms with Crippen LogP contribution in [0.1, 0.15) is 24.2 Å². The summed E-state index contributed by atoms with van der Waals surface area (Å²) in [7, 11) is 1.56. The number of halogens is 1. The molecule has 0 aliphatic rings. The SMILES string of the molecule is COc1ccc(Cl)cc1NC(=O)[C@H](C)[n+]1cccc(C)c1C. The molecule has 1 N–H and O–H groups in total. The van der Waals surface area contributed by atoms with Crippen LogP contribution in [-0.4, -0.2) is 13.0 Å². The van der Waals surface area contributed by atoms with Crippen molar-refractivity contribution < 1.29 is 14.1 Å². The van der Waals surface area contributed by atoms with E-state index < -0.39 is 0 Å². The van der Waals surface area contributed by atoms with E-state index in [9.17, 15) is 4.79 Å². The maximum Gasteiger partial charge on any atom is 0.293 e. The lowest BCUT2D eigenvalue weighted by Crippen LogP contribution is -2.47. The van der Waals surface area contributed by atoms with Crippen LogP contribution in [0, 0.1) is 13.8 Å². The van der Waals surface area contributed by atoms with Gasteiger partial charge in [-0.15, -0.1) is 0 Å². The summed E-state index contributed by atoms with van der Waals surface area (Å²) < 4.78 is 7.20. The van der Waals surface area contributed by atoms with Crippen LogP contribution in [0.3, 0.4) is 0 Å². The molecule has 0 saturated carbocycles. The van der Waals surface area contributed by atoms with Gasteiger partial charge in [0.1, 0.15) is 5.75 Å². The highest BCUT2D eigenvalue weighted by molar-refractivity contribution is 6.31. The number of rotatable bonds is 4. The molecule has 1 atom stereocenters. The summed E-state index contributed by atoms with van der Waals surface area (Å²) >= 11 is 5.99. The lowest BCUT2D eigenvalue weighted by molar-refractivity contribution is -0.711. The Bertz CT molecular complexity index is 701. The number of methoxy groups -OCH3 is 1. The van der Waals surface area contributed by atoms with Gasteiger partial charge in [0.05, 0.1) is 12.8 Å². The minimum absolute atomic E-state index is 0.126. The van der Waals surface area contributed by atoms with Crippen LogP contribution < -0.4 is 14.6 Å². The summed E-state index contributed by atoms with van der Waals surface area (Å²) in [6.07, 6.45) is 1.90. The number of ether oxygens (including phenoxy) is 1. The van der Waals surface area contributed by atoms with Crippen LogP contribution >= 0.6 is 11.6 Å².